The molecule has 0 aromatic heterocycles. The topological polar surface area (TPSA) is 140 Å². The lowest BCUT2D eigenvalue weighted by molar-refractivity contribution is -0.131. The van der Waals surface area contributed by atoms with Gasteiger partial charge < -0.3 is 25.8 Å². The van der Waals surface area contributed by atoms with Crippen LogP contribution < -0.4 is 16.4 Å². The van der Waals surface area contributed by atoms with Crippen molar-refractivity contribution < 1.29 is 28.7 Å². The van der Waals surface area contributed by atoms with E-state index in [-0.39, 0.29) is 24.8 Å². The highest BCUT2D eigenvalue weighted by molar-refractivity contribution is 5.92. The van der Waals surface area contributed by atoms with Crippen molar-refractivity contribution in [2.24, 2.45) is 11.7 Å². The van der Waals surface area contributed by atoms with Crippen LogP contribution in [0.5, 0.6) is 0 Å². The number of primary amides is 1. The predicted molar refractivity (Wildman–Crippen MR) is 111 cm³/mol. The van der Waals surface area contributed by atoms with Crippen molar-refractivity contribution in [3.63, 3.8) is 0 Å². The molecule has 0 aromatic carbocycles. The Morgan fingerprint density at radius 3 is 2.65 bits per heavy atom. The van der Waals surface area contributed by atoms with E-state index in [2.05, 4.69) is 10.6 Å². The molecule has 0 radical (unpaired) electrons. The highest BCUT2D eigenvalue weighted by Gasteiger charge is 2.51. The van der Waals surface area contributed by atoms with Crippen LogP contribution in [0.2, 0.25) is 0 Å². The zero-order valence-corrected chi connectivity index (χ0v) is 18.6. The highest BCUT2D eigenvalue weighted by atomic mass is 16.6. The molecule has 3 fully saturated rings. The van der Waals surface area contributed by atoms with Crippen molar-refractivity contribution >= 4 is 23.8 Å². The van der Waals surface area contributed by atoms with Gasteiger partial charge in [-0.05, 0) is 52.9 Å². The summed E-state index contributed by atoms with van der Waals surface area (Å²) in [5.41, 5.74) is 4.20. The van der Waals surface area contributed by atoms with E-state index >= 15 is 0 Å². The summed E-state index contributed by atoms with van der Waals surface area (Å²) in [5, 5.41) is 5.39. The molecule has 0 saturated carbocycles. The van der Waals surface area contributed by atoms with Crippen LogP contribution in [-0.2, 0) is 23.9 Å². The molecule has 1 unspecified atom stereocenters. The fraction of sp³-hybridized carbons (Fsp3) is 0.810. The third kappa shape index (κ3) is 5.66. The first-order chi connectivity index (χ1) is 14.5. The number of nitrogens with zero attached hydrogens (tertiary/aromatic N) is 1. The average Bonchev–Trinajstić information content (AvgIpc) is 3.24. The number of likely N-dealkylation sites (tertiary alicyclic amines) is 1. The number of carbonyl (C=O) groups excluding carboxylic acids is 4. The first kappa shape index (κ1) is 23.3. The Bertz CT molecular complexity index is 728. The van der Waals surface area contributed by atoms with Crippen LogP contribution in [0.3, 0.4) is 0 Å². The van der Waals surface area contributed by atoms with E-state index in [4.69, 9.17) is 15.2 Å². The number of nitrogens with one attached hydrogen (secondary N) is 2. The van der Waals surface area contributed by atoms with Crippen molar-refractivity contribution in [3.05, 3.63) is 0 Å². The lowest BCUT2D eigenvalue weighted by Gasteiger charge is -2.33. The van der Waals surface area contributed by atoms with E-state index in [1.165, 1.54) is 4.90 Å². The summed E-state index contributed by atoms with van der Waals surface area (Å²) >= 11 is 0. The number of hydrogen-bond donors (Lipinski definition) is 3. The third-order valence-corrected chi connectivity index (χ3v) is 6.11. The molecule has 174 valence electrons. The quantitative estimate of drug-likeness (QED) is 0.569. The molecule has 1 spiro atoms. The fourth-order valence-electron chi connectivity index (χ4n) is 4.56. The van der Waals surface area contributed by atoms with Crippen LogP contribution in [0.25, 0.3) is 0 Å². The third-order valence-electron chi connectivity index (χ3n) is 6.11. The van der Waals surface area contributed by atoms with Gasteiger partial charge in [-0.25, -0.2) is 4.79 Å². The van der Waals surface area contributed by atoms with Gasteiger partial charge in [0.1, 0.15) is 17.7 Å². The van der Waals surface area contributed by atoms with Gasteiger partial charge in [0.2, 0.25) is 17.7 Å². The Morgan fingerprint density at radius 2 is 2.10 bits per heavy atom. The number of hydrogen-bond acceptors (Lipinski definition) is 6. The van der Waals surface area contributed by atoms with Gasteiger partial charge >= 0.3 is 6.09 Å². The lowest BCUT2D eigenvalue weighted by atomic mass is 9.91. The first-order valence-electron chi connectivity index (χ1n) is 11.0. The smallest absolute Gasteiger partial charge is 0.411 e. The maximum absolute atomic E-state index is 13.2. The molecule has 3 aliphatic rings. The molecule has 3 heterocycles. The summed E-state index contributed by atoms with van der Waals surface area (Å²) in [4.78, 5) is 51.3. The molecule has 10 heteroatoms. The largest absolute Gasteiger partial charge is 0.444 e. The van der Waals surface area contributed by atoms with E-state index in [1.807, 2.05) is 0 Å². The second-order valence-electron chi connectivity index (χ2n) is 9.79. The Morgan fingerprint density at radius 1 is 1.35 bits per heavy atom. The lowest BCUT2D eigenvalue weighted by Crippen LogP contribution is -2.53. The van der Waals surface area contributed by atoms with Crippen molar-refractivity contribution in [1.29, 1.82) is 0 Å². The molecule has 3 saturated heterocycles. The zero-order chi connectivity index (χ0) is 22.8. The molecule has 0 bridgehead atoms. The number of ether oxygens (including phenoxy) is 2. The minimum absolute atomic E-state index is 0.133. The Labute approximate surface area is 182 Å². The Balaban J connectivity index is 1.75. The maximum Gasteiger partial charge on any atom is 0.411 e. The predicted octanol–water partition coefficient (Wildman–Crippen LogP) is 0.431. The molecular formula is C21H34N4O6. The van der Waals surface area contributed by atoms with E-state index in [1.54, 1.807) is 20.8 Å². The van der Waals surface area contributed by atoms with E-state index in [9.17, 15) is 19.2 Å². The molecule has 4 amide bonds. The molecule has 10 nitrogen and oxygen atoms in total. The molecule has 0 aromatic rings. The molecule has 0 aliphatic carbocycles. The van der Waals surface area contributed by atoms with Crippen LogP contribution in [0, 0.1) is 5.92 Å². The van der Waals surface area contributed by atoms with E-state index in [0.717, 1.165) is 19.3 Å². The standard InChI is InChI=1S/C21H34N4O6/c1-20(2,3)31-19(29)25-12-21(7-4-5-9-30-21)11-15(25)18(28)24-14(16(22)26)10-13-6-8-23-17(13)27/h13-15H,4-12H2,1-3H3,(H2,22,26)(H,23,27)(H,24,28)/t13-,14-,15-,21?/m0/s1. The van der Waals surface area contributed by atoms with Crippen molar-refractivity contribution in [1.82, 2.24) is 15.5 Å². The molecular weight excluding hydrogens is 404 g/mol. The zero-order valence-electron chi connectivity index (χ0n) is 18.6. The van der Waals surface area contributed by atoms with Crippen molar-refractivity contribution in [2.75, 3.05) is 19.7 Å². The first-order valence-corrected chi connectivity index (χ1v) is 11.0. The molecule has 4 atom stereocenters. The van der Waals surface area contributed by atoms with Gasteiger partial charge in [0.05, 0.1) is 12.1 Å². The second-order valence-corrected chi connectivity index (χ2v) is 9.79. The normalized spacial score (nSPS) is 29.5. The maximum atomic E-state index is 13.2. The summed E-state index contributed by atoms with van der Waals surface area (Å²) in [6.07, 6.45) is 3.10. The number of carbonyl (C=O) groups is 4. The minimum atomic E-state index is -0.995. The van der Waals surface area contributed by atoms with Gasteiger partial charge in [-0.15, -0.1) is 0 Å². The second kappa shape index (κ2) is 9.02. The van der Waals surface area contributed by atoms with Gasteiger partial charge in [0.25, 0.3) is 0 Å². The summed E-state index contributed by atoms with van der Waals surface area (Å²) < 4.78 is 11.5. The summed E-state index contributed by atoms with van der Waals surface area (Å²) in [5.74, 6) is -1.72. The van der Waals surface area contributed by atoms with Crippen LogP contribution in [-0.4, -0.2) is 71.7 Å². The SMILES string of the molecule is CC(C)(C)OC(=O)N1CC2(CCCCO2)C[C@H]1C(=O)N[C@@H](C[C@@H]1CCNC1=O)C(N)=O. The van der Waals surface area contributed by atoms with E-state index < -0.39 is 41.2 Å². The molecule has 3 aliphatic heterocycles. The van der Waals surface area contributed by atoms with Crippen LogP contribution in [0.15, 0.2) is 0 Å². The number of rotatable bonds is 5. The van der Waals surface area contributed by atoms with Crippen molar-refractivity contribution in [2.45, 2.75) is 82.6 Å². The van der Waals surface area contributed by atoms with Crippen LogP contribution >= 0.6 is 0 Å². The Hall–Kier alpha value is -2.36. The number of amides is 4. The monoisotopic (exact) mass is 438 g/mol. The average molecular weight is 439 g/mol. The van der Waals surface area contributed by atoms with Gasteiger partial charge in [0, 0.05) is 25.5 Å². The van der Waals surface area contributed by atoms with Gasteiger partial charge in [0.15, 0.2) is 0 Å². The molecule has 31 heavy (non-hydrogen) atoms. The van der Waals surface area contributed by atoms with Gasteiger partial charge in [-0.1, -0.05) is 0 Å². The van der Waals surface area contributed by atoms with E-state index in [0.29, 0.717) is 26.0 Å². The number of nitrogens with two attached hydrogens (primary N) is 1. The summed E-state index contributed by atoms with van der Waals surface area (Å²) in [7, 11) is 0. The minimum Gasteiger partial charge on any atom is -0.444 e. The summed E-state index contributed by atoms with van der Waals surface area (Å²) in [6, 6.07) is -1.84. The highest BCUT2D eigenvalue weighted by Crippen LogP contribution is 2.38. The van der Waals surface area contributed by atoms with Gasteiger partial charge in [-0.3, -0.25) is 19.3 Å². The van der Waals surface area contributed by atoms with Gasteiger partial charge in [-0.2, -0.15) is 0 Å². The van der Waals surface area contributed by atoms with Crippen LogP contribution in [0.4, 0.5) is 4.79 Å². The summed E-state index contributed by atoms with van der Waals surface area (Å²) in [6.45, 7) is 6.66. The fourth-order valence-corrected chi connectivity index (χ4v) is 4.56. The molecule has 4 N–H and O–H groups in total. The van der Waals surface area contributed by atoms with Crippen LogP contribution in [0.1, 0.15) is 59.3 Å². The Kier molecular flexibility index (Phi) is 6.78. The van der Waals surface area contributed by atoms with Crippen molar-refractivity contribution in [3.8, 4) is 0 Å². The molecule has 3 rings (SSSR count).